The molecule has 0 bridgehead atoms. The van der Waals surface area contributed by atoms with Crippen molar-refractivity contribution >= 4 is 16.7 Å². The van der Waals surface area contributed by atoms with Crippen LogP contribution in [-0.4, -0.2) is 25.8 Å². The summed E-state index contributed by atoms with van der Waals surface area (Å²) in [6.45, 7) is 0. The van der Waals surface area contributed by atoms with Gasteiger partial charge in [0.1, 0.15) is 0 Å². The number of fused-ring (bicyclic) bond motifs is 1. The molecule has 0 fully saturated rings. The first-order chi connectivity index (χ1) is 10.1. The van der Waals surface area contributed by atoms with Crippen molar-refractivity contribution in [2.75, 3.05) is 0 Å². The summed E-state index contributed by atoms with van der Waals surface area (Å²) < 4.78 is 0.882. The Morgan fingerprint density at radius 3 is 2.57 bits per heavy atom. The van der Waals surface area contributed by atoms with Crippen molar-refractivity contribution in [1.82, 2.24) is 14.8 Å². The number of aromatic amines is 1. The first-order valence-corrected chi connectivity index (χ1v) is 6.03. The number of carboxylic acids is 1. The van der Waals surface area contributed by atoms with Crippen LogP contribution in [0.1, 0.15) is 10.5 Å². The highest BCUT2D eigenvalue weighted by Gasteiger charge is 2.15. The minimum absolute atomic E-state index is 0.400. The second-order valence-corrected chi connectivity index (χ2v) is 4.32. The third kappa shape index (κ3) is 2.10. The number of hydrogen-bond acceptors (Lipinski definition) is 4. The molecule has 2 aromatic carbocycles. The fourth-order valence-electron chi connectivity index (χ4n) is 2.10. The molecule has 0 aliphatic rings. The summed E-state index contributed by atoms with van der Waals surface area (Å²) >= 11 is 0. The summed E-state index contributed by atoms with van der Waals surface area (Å²) in [5.41, 5.74) is -2.15. The number of carbonyl (C=O) groups is 1. The molecule has 0 unspecified atom stereocenters. The van der Waals surface area contributed by atoms with Gasteiger partial charge in [-0.2, -0.15) is 9.78 Å². The van der Waals surface area contributed by atoms with Crippen LogP contribution in [0.15, 0.2) is 52.1 Å². The average Bonchev–Trinajstić information content (AvgIpc) is 2.46. The third-order valence-electron chi connectivity index (χ3n) is 3.03. The summed E-state index contributed by atoms with van der Waals surface area (Å²) in [5.74, 6) is -1.50. The van der Waals surface area contributed by atoms with Gasteiger partial charge in [0.2, 0.25) is 5.69 Å². The minimum atomic E-state index is -1.50. The molecule has 21 heavy (non-hydrogen) atoms. The van der Waals surface area contributed by atoms with Crippen molar-refractivity contribution in [3.05, 3.63) is 69.0 Å². The second-order valence-electron chi connectivity index (χ2n) is 4.32. The van der Waals surface area contributed by atoms with Gasteiger partial charge in [0.15, 0.2) is 0 Å². The number of H-pyrrole nitrogens is 1. The Morgan fingerprint density at radius 2 is 1.81 bits per heavy atom. The van der Waals surface area contributed by atoms with E-state index in [4.69, 9.17) is 5.11 Å². The molecular weight excluding hydrogens is 274 g/mol. The number of rotatable bonds is 2. The monoisotopic (exact) mass is 283 g/mol. The van der Waals surface area contributed by atoms with Crippen LogP contribution in [0, 0.1) is 0 Å². The van der Waals surface area contributed by atoms with Gasteiger partial charge in [0.05, 0.1) is 5.69 Å². The van der Waals surface area contributed by atoms with E-state index in [-0.39, 0.29) is 0 Å². The highest BCUT2D eigenvalue weighted by Crippen LogP contribution is 2.20. The van der Waals surface area contributed by atoms with Crippen LogP contribution in [0.4, 0.5) is 0 Å². The minimum Gasteiger partial charge on any atom is -0.476 e. The molecule has 7 nitrogen and oxygen atoms in total. The lowest BCUT2D eigenvalue weighted by molar-refractivity contribution is 0.0685. The van der Waals surface area contributed by atoms with Crippen molar-refractivity contribution in [1.29, 1.82) is 0 Å². The maximum absolute atomic E-state index is 11.9. The molecular formula is C14H9N3O4. The summed E-state index contributed by atoms with van der Waals surface area (Å²) in [6.07, 6.45) is 0. The third-order valence-corrected chi connectivity index (χ3v) is 3.03. The highest BCUT2D eigenvalue weighted by molar-refractivity contribution is 5.90. The fourth-order valence-corrected chi connectivity index (χ4v) is 2.10. The van der Waals surface area contributed by atoms with Gasteiger partial charge in [-0.25, -0.2) is 9.59 Å². The Labute approximate surface area is 117 Å². The number of aromatic nitrogens is 3. The van der Waals surface area contributed by atoms with Crippen LogP contribution >= 0.6 is 0 Å². The van der Waals surface area contributed by atoms with E-state index in [0.29, 0.717) is 5.69 Å². The molecule has 1 aromatic heterocycles. The Kier molecular flexibility index (Phi) is 2.87. The van der Waals surface area contributed by atoms with E-state index in [9.17, 15) is 14.4 Å². The van der Waals surface area contributed by atoms with Gasteiger partial charge < -0.3 is 5.11 Å². The van der Waals surface area contributed by atoms with Crippen LogP contribution in [0.5, 0.6) is 0 Å². The first-order valence-electron chi connectivity index (χ1n) is 6.03. The van der Waals surface area contributed by atoms with E-state index in [0.717, 1.165) is 15.5 Å². The zero-order valence-electron chi connectivity index (χ0n) is 10.6. The van der Waals surface area contributed by atoms with Crippen molar-refractivity contribution in [2.24, 2.45) is 0 Å². The molecule has 7 heteroatoms. The molecule has 0 atom stereocenters. The van der Waals surface area contributed by atoms with Crippen LogP contribution in [0.25, 0.3) is 16.5 Å². The molecule has 0 aliphatic carbocycles. The summed E-state index contributed by atoms with van der Waals surface area (Å²) in [6, 6.07) is 12.5. The Morgan fingerprint density at radius 1 is 1.10 bits per heavy atom. The Bertz CT molecular complexity index is 966. The van der Waals surface area contributed by atoms with Gasteiger partial charge in [-0.1, -0.05) is 36.4 Å². The van der Waals surface area contributed by atoms with Crippen molar-refractivity contribution in [3.8, 4) is 5.69 Å². The van der Waals surface area contributed by atoms with Crippen LogP contribution in [0.3, 0.4) is 0 Å². The van der Waals surface area contributed by atoms with Crippen molar-refractivity contribution < 1.29 is 9.90 Å². The standard InChI is InChI=1S/C14H9N3O4/c18-12-11(13(19)20)16-17(14(21)15-12)10-7-3-5-8-4-1-2-6-9(8)10/h1-7H,(H,19,20)(H,15,18,21). The SMILES string of the molecule is O=C(O)c1nn(-c2cccc3ccccc23)c(=O)[nH]c1=O. The van der Waals surface area contributed by atoms with Gasteiger partial charge >= 0.3 is 11.7 Å². The van der Waals surface area contributed by atoms with Gasteiger partial charge in [0.25, 0.3) is 5.56 Å². The Hall–Kier alpha value is -3.22. The molecule has 1 heterocycles. The quantitative estimate of drug-likeness (QED) is 0.722. The normalized spacial score (nSPS) is 10.7. The zero-order chi connectivity index (χ0) is 15.0. The molecule has 104 valence electrons. The van der Waals surface area contributed by atoms with Gasteiger partial charge in [-0.15, -0.1) is 0 Å². The molecule has 0 radical (unpaired) electrons. The fraction of sp³-hybridized carbons (Fsp3) is 0. The van der Waals surface area contributed by atoms with E-state index in [2.05, 4.69) is 5.10 Å². The van der Waals surface area contributed by atoms with E-state index in [1.165, 1.54) is 0 Å². The molecule has 0 spiro atoms. The van der Waals surface area contributed by atoms with Crippen molar-refractivity contribution in [3.63, 3.8) is 0 Å². The number of aromatic carboxylic acids is 1. The Balaban J connectivity index is 2.38. The maximum atomic E-state index is 11.9. The zero-order valence-corrected chi connectivity index (χ0v) is 10.6. The number of nitrogens with zero attached hydrogens (tertiary/aromatic N) is 2. The van der Waals surface area contributed by atoms with Gasteiger partial charge in [-0.05, 0) is 11.5 Å². The van der Waals surface area contributed by atoms with E-state index in [1.807, 2.05) is 23.2 Å². The largest absolute Gasteiger partial charge is 0.476 e. The lowest BCUT2D eigenvalue weighted by Gasteiger charge is -2.08. The van der Waals surface area contributed by atoms with Gasteiger partial charge in [0, 0.05) is 5.39 Å². The summed E-state index contributed by atoms with van der Waals surface area (Å²) in [5, 5.41) is 14.2. The van der Waals surface area contributed by atoms with Crippen molar-refractivity contribution in [2.45, 2.75) is 0 Å². The van der Waals surface area contributed by atoms with Crippen LogP contribution in [0.2, 0.25) is 0 Å². The van der Waals surface area contributed by atoms with E-state index >= 15 is 0 Å². The van der Waals surface area contributed by atoms with Crippen LogP contribution < -0.4 is 11.2 Å². The summed E-state index contributed by atoms with van der Waals surface area (Å²) in [7, 11) is 0. The first kappa shape index (κ1) is 12.8. The maximum Gasteiger partial charge on any atom is 0.362 e. The average molecular weight is 283 g/mol. The lowest BCUT2D eigenvalue weighted by Crippen LogP contribution is -2.35. The molecule has 3 rings (SSSR count). The smallest absolute Gasteiger partial charge is 0.362 e. The van der Waals surface area contributed by atoms with Gasteiger partial charge in [-0.3, -0.25) is 9.78 Å². The molecule has 2 N–H and O–H groups in total. The molecule has 0 amide bonds. The number of hydrogen-bond donors (Lipinski definition) is 2. The van der Waals surface area contributed by atoms with E-state index in [1.54, 1.807) is 24.3 Å². The topological polar surface area (TPSA) is 105 Å². The highest BCUT2D eigenvalue weighted by atomic mass is 16.4. The molecule has 0 saturated heterocycles. The second kappa shape index (κ2) is 4.71. The lowest BCUT2D eigenvalue weighted by atomic mass is 10.1. The summed E-state index contributed by atoms with van der Waals surface area (Å²) in [4.78, 5) is 36.3. The number of carboxylic acid groups (broad SMARTS) is 1. The van der Waals surface area contributed by atoms with Crippen LogP contribution in [-0.2, 0) is 0 Å². The predicted molar refractivity (Wildman–Crippen MR) is 74.9 cm³/mol. The number of benzene rings is 2. The van der Waals surface area contributed by atoms with E-state index < -0.39 is 22.9 Å². The molecule has 0 aliphatic heterocycles. The predicted octanol–water partition coefficient (Wildman–Crippen LogP) is 0.772. The molecule has 0 saturated carbocycles. The number of nitrogens with one attached hydrogen (secondary N) is 1. The molecule has 3 aromatic rings.